The van der Waals surface area contributed by atoms with Crippen molar-refractivity contribution in [1.29, 1.82) is 0 Å². The van der Waals surface area contributed by atoms with Gasteiger partial charge in [0.15, 0.2) is 17.9 Å². The first kappa shape index (κ1) is 61.2. The van der Waals surface area contributed by atoms with Gasteiger partial charge in [0.2, 0.25) is 0 Å². The summed E-state index contributed by atoms with van der Waals surface area (Å²) in [6.45, 7) is 8.69. The van der Waals surface area contributed by atoms with E-state index in [0.717, 1.165) is 19.3 Å². The number of hydrogen-bond acceptors (Lipinski definition) is 6. The Morgan fingerprint density at radius 2 is 0.600 bits per heavy atom. The van der Waals surface area contributed by atoms with E-state index in [-0.39, 0.29) is 116 Å². The first-order chi connectivity index (χ1) is 26.2. The number of carbonyl (C=O) groups excluding carboxylic acids is 3. The summed E-state index contributed by atoms with van der Waals surface area (Å²) in [5.74, 6) is -1.49. The molecule has 3 aliphatic carbocycles. The Balaban J connectivity index is -0.000000670. The maximum atomic E-state index is 9.48. The van der Waals surface area contributed by atoms with Gasteiger partial charge in [0.25, 0.3) is 0 Å². The predicted molar refractivity (Wildman–Crippen MR) is 213 cm³/mol. The van der Waals surface area contributed by atoms with E-state index >= 15 is 0 Å². The molecule has 0 heterocycles. The number of esters is 3. The SMILES string of the molecule is [CH2-]C(=O)OC.[CH2-]C(=O)OC.[CH2-]C(=O)OC.[Cl-].[Cl-].[Cl-].[Zr+2].[Zr+2].[Zr+2].[c-]1cccc2c1Cc1ccccc1-2.[c-]1cccc2c1Cc1ccccc1-2.[c-]1cccc2c1Cc1ccccc1-2. The minimum atomic E-state index is -0.495. The molecule has 6 aromatic rings. The Hall–Kier alpha value is -3.14. The van der Waals surface area contributed by atoms with Crippen LogP contribution in [-0.4, -0.2) is 39.2 Å². The molecule has 9 rings (SSSR count). The molecule has 0 fully saturated rings. The van der Waals surface area contributed by atoms with E-state index in [9.17, 15) is 14.4 Å². The van der Waals surface area contributed by atoms with Crippen molar-refractivity contribution in [2.45, 2.75) is 19.3 Å². The van der Waals surface area contributed by atoms with Crippen molar-refractivity contribution >= 4 is 17.9 Å². The van der Waals surface area contributed by atoms with E-state index in [1.807, 2.05) is 18.2 Å². The van der Waals surface area contributed by atoms with Gasteiger partial charge in [0.1, 0.15) is 0 Å². The first-order valence-corrected chi connectivity index (χ1v) is 17.1. The van der Waals surface area contributed by atoms with Crippen molar-refractivity contribution < 1.29 is 144 Å². The molecular formula is C48H42Cl3O6Zr3-3. The van der Waals surface area contributed by atoms with Crippen LogP contribution in [0, 0.1) is 39.0 Å². The van der Waals surface area contributed by atoms with Gasteiger partial charge < -0.3 is 51.4 Å². The van der Waals surface area contributed by atoms with Crippen LogP contribution in [-0.2, 0) is 126 Å². The van der Waals surface area contributed by atoms with Crippen LogP contribution in [0.4, 0.5) is 0 Å². The minimum Gasteiger partial charge on any atom is -1.00 e. The second-order valence-electron chi connectivity index (χ2n) is 11.9. The molecule has 0 aliphatic heterocycles. The molecule has 0 radical (unpaired) electrons. The van der Waals surface area contributed by atoms with Gasteiger partial charge in [-0.05, 0) is 19.3 Å². The molecule has 0 N–H and O–H groups in total. The van der Waals surface area contributed by atoms with Gasteiger partial charge in [0, 0.05) is 0 Å². The average molecular weight is 1090 g/mol. The molecule has 0 unspecified atom stereocenters. The maximum absolute atomic E-state index is 9.48. The molecular weight excluding hydrogens is 1050 g/mol. The molecule has 0 amide bonds. The number of ether oxygens (including phenoxy) is 3. The van der Waals surface area contributed by atoms with E-state index in [0.29, 0.717) is 0 Å². The molecule has 6 aromatic carbocycles. The summed E-state index contributed by atoms with van der Waals surface area (Å²) < 4.78 is 12.0. The van der Waals surface area contributed by atoms with Crippen LogP contribution >= 0.6 is 0 Å². The summed E-state index contributed by atoms with van der Waals surface area (Å²) in [5, 5.41) is 0. The van der Waals surface area contributed by atoms with E-state index in [4.69, 9.17) is 0 Å². The minimum absolute atomic E-state index is 0. The summed E-state index contributed by atoms with van der Waals surface area (Å²) in [4.78, 5) is 28.4. The fourth-order valence-electron chi connectivity index (χ4n) is 5.99. The molecule has 6 nitrogen and oxygen atoms in total. The fourth-order valence-corrected chi connectivity index (χ4v) is 5.99. The second kappa shape index (κ2) is 32.6. The van der Waals surface area contributed by atoms with Gasteiger partial charge in [-0.2, -0.15) is 89.5 Å². The van der Waals surface area contributed by atoms with Gasteiger partial charge in [-0.1, -0.05) is 106 Å². The van der Waals surface area contributed by atoms with Crippen molar-refractivity contribution in [3.63, 3.8) is 0 Å². The Morgan fingerprint density at radius 1 is 0.400 bits per heavy atom. The molecule has 0 atom stereocenters. The van der Waals surface area contributed by atoms with Crippen LogP contribution < -0.4 is 37.2 Å². The van der Waals surface area contributed by atoms with Crippen LogP contribution in [0.5, 0.6) is 0 Å². The molecule has 0 saturated carbocycles. The summed E-state index contributed by atoms with van der Waals surface area (Å²) in [6, 6.07) is 54.3. The maximum Gasteiger partial charge on any atom is 2.00 e. The third kappa shape index (κ3) is 18.5. The monoisotopic (exact) mass is 1090 g/mol. The summed E-state index contributed by atoms with van der Waals surface area (Å²) >= 11 is 0. The molecule has 0 bridgehead atoms. The number of halogens is 3. The summed E-state index contributed by atoms with van der Waals surface area (Å²) in [7, 11) is 3.86. The third-order valence-electron chi connectivity index (χ3n) is 8.53. The third-order valence-corrected chi connectivity index (χ3v) is 8.53. The topological polar surface area (TPSA) is 78.9 Å². The van der Waals surface area contributed by atoms with Crippen molar-refractivity contribution in [3.05, 3.63) is 200 Å². The van der Waals surface area contributed by atoms with Gasteiger partial charge >= 0.3 is 78.6 Å². The Kier molecular flexibility index (Phi) is 33.2. The Bertz CT molecular complexity index is 1820. The van der Waals surface area contributed by atoms with E-state index < -0.39 is 17.9 Å². The van der Waals surface area contributed by atoms with E-state index in [2.05, 4.69) is 162 Å². The summed E-state index contributed by atoms with van der Waals surface area (Å²) in [6.07, 6.45) is 3.14. The van der Waals surface area contributed by atoms with Crippen LogP contribution in [0.25, 0.3) is 33.4 Å². The van der Waals surface area contributed by atoms with E-state index in [1.165, 1.54) is 88.1 Å². The van der Waals surface area contributed by atoms with Gasteiger partial charge in [-0.3, -0.25) is 35.2 Å². The van der Waals surface area contributed by atoms with Crippen molar-refractivity contribution in [2.24, 2.45) is 0 Å². The zero-order valence-electron chi connectivity index (χ0n) is 33.5. The predicted octanol–water partition coefficient (Wildman–Crippen LogP) is 0.159. The quantitative estimate of drug-likeness (QED) is 0.123. The number of rotatable bonds is 0. The number of methoxy groups -OCH3 is 3. The van der Waals surface area contributed by atoms with Crippen LogP contribution in [0.2, 0.25) is 0 Å². The van der Waals surface area contributed by atoms with Crippen molar-refractivity contribution in [3.8, 4) is 33.4 Å². The molecule has 12 heteroatoms. The first-order valence-electron chi connectivity index (χ1n) is 17.1. The molecule has 0 aromatic heterocycles. The average Bonchev–Trinajstić information content (AvgIpc) is 3.90. The number of fused-ring (bicyclic) bond motifs is 9. The number of hydrogen-bond donors (Lipinski definition) is 0. The Morgan fingerprint density at radius 3 is 0.817 bits per heavy atom. The normalized spacial score (nSPS) is 9.65. The van der Waals surface area contributed by atoms with Crippen molar-refractivity contribution in [1.82, 2.24) is 0 Å². The smallest absolute Gasteiger partial charge is 1.00 e. The van der Waals surface area contributed by atoms with Gasteiger partial charge in [-0.25, -0.2) is 0 Å². The zero-order chi connectivity index (χ0) is 38.9. The van der Waals surface area contributed by atoms with Crippen molar-refractivity contribution in [2.75, 3.05) is 21.3 Å². The number of carbonyl (C=O) groups is 3. The molecule has 3 aliphatic rings. The molecule has 0 spiro atoms. The largest absolute Gasteiger partial charge is 2.00 e. The standard InChI is InChI=1S/3C13H9.3C3H5O2.3ClH.3Zr/c3*1-3-7-12-10(5-1)9-11-6-2-4-8-13(11)12;3*1-3(4)5-2;;;;;;/h3*1-5,7-8H,9H2;3*1H2,2H3;3*1H;;;/q6*-1;;;;3*+2/p-3. The fraction of sp³-hybridized carbons (Fsp3) is 0.125. The Labute approximate surface area is 431 Å². The zero-order valence-corrected chi connectivity index (χ0v) is 43.1. The molecule has 0 saturated heterocycles. The second-order valence-corrected chi connectivity index (χ2v) is 11.9. The van der Waals surface area contributed by atoms with E-state index in [1.54, 1.807) is 0 Å². The number of benzene rings is 6. The molecule has 306 valence electrons. The van der Waals surface area contributed by atoms with Gasteiger partial charge in [-0.15, -0.1) is 16.7 Å². The molecule has 60 heavy (non-hydrogen) atoms. The van der Waals surface area contributed by atoms with Crippen LogP contribution in [0.1, 0.15) is 33.4 Å². The van der Waals surface area contributed by atoms with Crippen LogP contribution in [0.3, 0.4) is 0 Å². The van der Waals surface area contributed by atoms with Gasteiger partial charge in [0.05, 0.1) is 21.3 Å². The van der Waals surface area contributed by atoms with Crippen LogP contribution in [0.15, 0.2) is 127 Å². The summed E-state index contributed by atoms with van der Waals surface area (Å²) in [5.41, 5.74) is 16.5.